The molecule has 5 nitrogen and oxygen atoms in total. The molecule has 0 bridgehead atoms. The summed E-state index contributed by atoms with van der Waals surface area (Å²) in [4.78, 5) is 22.3. The molecule has 0 aromatic heterocycles. The SMILES string of the molecule is C[C@@H](OC(=O)c1cc([N+](=O)[O-])ccc1Cl)c1ccccc1Cl. The molecule has 22 heavy (non-hydrogen) atoms. The summed E-state index contributed by atoms with van der Waals surface area (Å²) in [5.41, 5.74) is 0.343. The molecule has 114 valence electrons. The summed E-state index contributed by atoms with van der Waals surface area (Å²) in [6.45, 7) is 1.66. The molecule has 0 N–H and O–H groups in total. The Morgan fingerprint density at radius 1 is 1.18 bits per heavy atom. The van der Waals surface area contributed by atoms with Crippen molar-refractivity contribution in [2.75, 3.05) is 0 Å². The lowest BCUT2D eigenvalue weighted by atomic mass is 10.1. The highest BCUT2D eigenvalue weighted by Crippen LogP contribution is 2.28. The van der Waals surface area contributed by atoms with E-state index in [4.69, 9.17) is 27.9 Å². The minimum atomic E-state index is -0.749. The summed E-state index contributed by atoms with van der Waals surface area (Å²) >= 11 is 11.9. The number of hydrogen-bond donors (Lipinski definition) is 0. The molecule has 0 fully saturated rings. The van der Waals surface area contributed by atoms with Crippen LogP contribution in [0, 0.1) is 10.1 Å². The van der Waals surface area contributed by atoms with Gasteiger partial charge in [-0.1, -0.05) is 41.4 Å². The van der Waals surface area contributed by atoms with Gasteiger partial charge in [0.1, 0.15) is 6.10 Å². The van der Waals surface area contributed by atoms with E-state index in [9.17, 15) is 14.9 Å². The van der Waals surface area contributed by atoms with E-state index in [1.165, 1.54) is 12.1 Å². The van der Waals surface area contributed by atoms with Gasteiger partial charge in [0.15, 0.2) is 0 Å². The van der Waals surface area contributed by atoms with Gasteiger partial charge in [-0.05, 0) is 19.1 Å². The van der Waals surface area contributed by atoms with Crippen LogP contribution in [0.1, 0.15) is 28.9 Å². The highest BCUT2D eigenvalue weighted by molar-refractivity contribution is 6.33. The van der Waals surface area contributed by atoms with Crippen LogP contribution in [0.15, 0.2) is 42.5 Å². The number of non-ortho nitro benzene ring substituents is 1. The van der Waals surface area contributed by atoms with Crippen LogP contribution in [0.25, 0.3) is 0 Å². The lowest BCUT2D eigenvalue weighted by Gasteiger charge is -2.15. The number of nitrogens with zero attached hydrogens (tertiary/aromatic N) is 1. The Labute approximate surface area is 136 Å². The fourth-order valence-electron chi connectivity index (χ4n) is 1.88. The molecular formula is C15H11Cl2NO4. The zero-order valence-electron chi connectivity index (χ0n) is 11.5. The van der Waals surface area contributed by atoms with Crippen molar-refractivity contribution >= 4 is 34.9 Å². The summed E-state index contributed by atoms with van der Waals surface area (Å²) in [5.74, 6) is -0.749. The van der Waals surface area contributed by atoms with Crippen molar-refractivity contribution in [2.24, 2.45) is 0 Å². The van der Waals surface area contributed by atoms with Crippen molar-refractivity contribution < 1.29 is 14.5 Å². The number of rotatable bonds is 4. The van der Waals surface area contributed by atoms with Crippen molar-refractivity contribution in [3.05, 3.63) is 73.8 Å². The maximum absolute atomic E-state index is 12.2. The van der Waals surface area contributed by atoms with E-state index in [1.54, 1.807) is 31.2 Å². The molecule has 0 amide bonds. The third-order valence-electron chi connectivity index (χ3n) is 3.01. The maximum Gasteiger partial charge on any atom is 0.340 e. The zero-order chi connectivity index (χ0) is 16.3. The van der Waals surface area contributed by atoms with Gasteiger partial charge in [0, 0.05) is 22.7 Å². The Morgan fingerprint density at radius 3 is 2.50 bits per heavy atom. The molecule has 2 rings (SSSR count). The van der Waals surface area contributed by atoms with E-state index in [1.807, 2.05) is 0 Å². The lowest BCUT2D eigenvalue weighted by molar-refractivity contribution is -0.384. The molecule has 7 heteroatoms. The highest BCUT2D eigenvalue weighted by atomic mass is 35.5. The number of carbonyl (C=O) groups is 1. The fourth-order valence-corrected chi connectivity index (χ4v) is 2.36. The van der Waals surface area contributed by atoms with Gasteiger partial charge in [-0.2, -0.15) is 0 Å². The number of halogens is 2. The van der Waals surface area contributed by atoms with Crippen LogP contribution in [-0.2, 0) is 4.74 Å². The first kappa shape index (κ1) is 16.3. The van der Waals surface area contributed by atoms with Gasteiger partial charge in [-0.3, -0.25) is 10.1 Å². The van der Waals surface area contributed by atoms with Gasteiger partial charge in [-0.15, -0.1) is 0 Å². The summed E-state index contributed by atoms with van der Waals surface area (Å²) < 4.78 is 5.29. The third kappa shape index (κ3) is 3.55. The van der Waals surface area contributed by atoms with E-state index >= 15 is 0 Å². The Balaban J connectivity index is 2.24. The van der Waals surface area contributed by atoms with Crippen LogP contribution in [0.2, 0.25) is 10.0 Å². The predicted octanol–water partition coefficient (Wildman–Crippen LogP) is 4.82. The third-order valence-corrected chi connectivity index (χ3v) is 3.68. The molecule has 2 aromatic rings. The Bertz CT molecular complexity index is 733. The molecular weight excluding hydrogens is 329 g/mol. The Kier molecular flexibility index (Phi) is 5.00. The summed E-state index contributed by atoms with van der Waals surface area (Å²) in [6, 6.07) is 10.5. The van der Waals surface area contributed by atoms with Crippen LogP contribution in [-0.4, -0.2) is 10.9 Å². The van der Waals surface area contributed by atoms with E-state index in [-0.39, 0.29) is 16.3 Å². The molecule has 0 spiro atoms. The van der Waals surface area contributed by atoms with Gasteiger partial charge in [-0.25, -0.2) is 4.79 Å². The van der Waals surface area contributed by atoms with Crippen LogP contribution in [0.3, 0.4) is 0 Å². The first-order valence-corrected chi connectivity index (χ1v) is 7.05. The maximum atomic E-state index is 12.2. The van der Waals surface area contributed by atoms with Gasteiger partial charge < -0.3 is 4.74 Å². The van der Waals surface area contributed by atoms with Crippen molar-refractivity contribution in [1.29, 1.82) is 0 Å². The number of hydrogen-bond acceptors (Lipinski definition) is 4. The second-order valence-electron chi connectivity index (χ2n) is 4.49. The highest BCUT2D eigenvalue weighted by Gasteiger charge is 2.20. The molecule has 0 aliphatic carbocycles. The number of ether oxygens (including phenoxy) is 1. The van der Waals surface area contributed by atoms with Gasteiger partial charge in [0.25, 0.3) is 5.69 Å². The van der Waals surface area contributed by atoms with Crippen molar-refractivity contribution in [1.82, 2.24) is 0 Å². The smallest absolute Gasteiger partial charge is 0.340 e. The van der Waals surface area contributed by atoms with Crippen molar-refractivity contribution in [2.45, 2.75) is 13.0 Å². The molecule has 0 aliphatic rings. The zero-order valence-corrected chi connectivity index (χ0v) is 13.0. The first-order chi connectivity index (χ1) is 10.4. The summed E-state index contributed by atoms with van der Waals surface area (Å²) in [5, 5.41) is 11.3. The summed E-state index contributed by atoms with van der Waals surface area (Å²) in [6.07, 6.45) is -0.614. The van der Waals surface area contributed by atoms with Gasteiger partial charge in [0.05, 0.1) is 15.5 Å². The molecule has 2 aromatic carbocycles. The average Bonchev–Trinajstić information content (AvgIpc) is 2.47. The second kappa shape index (κ2) is 6.77. The van der Waals surface area contributed by atoms with Crippen molar-refractivity contribution in [3.63, 3.8) is 0 Å². The standard InChI is InChI=1S/C15H11Cl2NO4/c1-9(11-4-2-3-5-13(11)16)22-15(19)12-8-10(18(20)21)6-7-14(12)17/h2-9H,1H3/t9-/m1/s1. The number of esters is 1. The predicted molar refractivity (Wildman–Crippen MR) is 83.4 cm³/mol. The van der Waals surface area contributed by atoms with Crippen LogP contribution >= 0.6 is 23.2 Å². The number of carbonyl (C=O) groups excluding carboxylic acids is 1. The lowest BCUT2D eigenvalue weighted by Crippen LogP contribution is -2.10. The van der Waals surface area contributed by atoms with Gasteiger partial charge in [0.2, 0.25) is 0 Å². The average molecular weight is 340 g/mol. The van der Waals surface area contributed by atoms with E-state index in [0.29, 0.717) is 10.6 Å². The molecule has 0 unspecified atom stereocenters. The fraction of sp³-hybridized carbons (Fsp3) is 0.133. The number of benzene rings is 2. The summed E-state index contributed by atoms with van der Waals surface area (Å²) in [7, 11) is 0. The molecule has 0 saturated carbocycles. The monoisotopic (exact) mass is 339 g/mol. The normalized spacial score (nSPS) is 11.8. The molecule has 1 atom stereocenters. The Hall–Kier alpha value is -2.11. The first-order valence-electron chi connectivity index (χ1n) is 6.29. The van der Waals surface area contributed by atoms with E-state index in [0.717, 1.165) is 6.07 Å². The van der Waals surface area contributed by atoms with E-state index in [2.05, 4.69) is 0 Å². The number of nitro benzene ring substituents is 1. The largest absolute Gasteiger partial charge is 0.454 e. The minimum Gasteiger partial charge on any atom is -0.454 e. The molecule has 0 heterocycles. The molecule has 0 saturated heterocycles. The van der Waals surface area contributed by atoms with Crippen molar-refractivity contribution in [3.8, 4) is 0 Å². The quantitative estimate of drug-likeness (QED) is 0.454. The second-order valence-corrected chi connectivity index (χ2v) is 5.30. The topological polar surface area (TPSA) is 69.4 Å². The number of nitro groups is 1. The molecule has 0 aliphatic heterocycles. The van der Waals surface area contributed by atoms with Crippen LogP contribution in [0.4, 0.5) is 5.69 Å². The van der Waals surface area contributed by atoms with Gasteiger partial charge >= 0.3 is 5.97 Å². The minimum absolute atomic E-state index is 0.0604. The van der Waals surface area contributed by atoms with Crippen LogP contribution < -0.4 is 0 Å². The Morgan fingerprint density at radius 2 is 1.86 bits per heavy atom. The van der Waals surface area contributed by atoms with E-state index < -0.39 is 17.0 Å². The van der Waals surface area contributed by atoms with Crippen LogP contribution in [0.5, 0.6) is 0 Å². The molecule has 0 radical (unpaired) electrons.